The van der Waals surface area contributed by atoms with Gasteiger partial charge in [-0.25, -0.2) is 9.78 Å². The van der Waals surface area contributed by atoms with Crippen LogP contribution in [-0.4, -0.2) is 23.5 Å². The molecule has 1 aliphatic carbocycles. The van der Waals surface area contributed by atoms with Crippen LogP contribution in [0, 0.1) is 0 Å². The highest BCUT2D eigenvalue weighted by molar-refractivity contribution is 5.94. The molecule has 0 fully saturated rings. The van der Waals surface area contributed by atoms with Gasteiger partial charge in [0.25, 0.3) is 5.91 Å². The maximum Gasteiger partial charge on any atom is 0.331 e. The van der Waals surface area contributed by atoms with Crippen LogP contribution in [0.3, 0.4) is 0 Å². The molecule has 4 rings (SSSR count). The average molecular weight is 372 g/mol. The van der Waals surface area contributed by atoms with Gasteiger partial charge in [0.05, 0.1) is 11.2 Å². The van der Waals surface area contributed by atoms with Crippen LogP contribution >= 0.6 is 0 Å². The molecule has 3 aromatic rings. The van der Waals surface area contributed by atoms with Gasteiger partial charge in [-0.3, -0.25) is 4.79 Å². The molecular formula is C23H20N2O3. The van der Waals surface area contributed by atoms with Gasteiger partial charge < -0.3 is 10.1 Å². The summed E-state index contributed by atoms with van der Waals surface area (Å²) in [6.07, 6.45) is 6.15. The van der Waals surface area contributed by atoms with E-state index in [4.69, 9.17) is 4.74 Å². The molecule has 2 aromatic carbocycles. The largest absolute Gasteiger partial charge is 0.452 e. The predicted octanol–water partition coefficient (Wildman–Crippen LogP) is 3.92. The fourth-order valence-corrected chi connectivity index (χ4v) is 3.36. The van der Waals surface area contributed by atoms with Crippen molar-refractivity contribution in [3.63, 3.8) is 0 Å². The molecule has 1 aromatic heterocycles. The van der Waals surface area contributed by atoms with Gasteiger partial charge in [-0.2, -0.15) is 0 Å². The predicted molar refractivity (Wildman–Crippen MR) is 109 cm³/mol. The molecule has 1 amide bonds. The minimum atomic E-state index is -0.584. The van der Waals surface area contributed by atoms with Crippen molar-refractivity contribution < 1.29 is 14.3 Å². The molecule has 0 radical (unpaired) electrons. The number of aromatic nitrogens is 1. The molecule has 1 N–H and O–H groups in total. The Hall–Kier alpha value is -3.47. The van der Waals surface area contributed by atoms with Gasteiger partial charge in [0.15, 0.2) is 6.61 Å². The number of nitrogens with one attached hydrogen (secondary N) is 1. The Bertz CT molecular complexity index is 1070. The number of hydrogen-bond acceptors (Lipinski definition) is 4. The number of carbonyl (C=O) groups excluding carboxylic acids is 2. The molecule has 0 saturated carbocycles. The third kappa shape index (κ3) is 4.26. The van der Waals surface area contributed by atoms with Crippen molar-refractivity contribution in [2.45, 2.75) is 19.3 Å². The molecule has 140 valence electrons. The van der Waals surface area contributed by atoms with Crippen LogP contribution in [0.2, 0.25) is 0 Å². The molecule has 1 aliphatic rings. The van der Waals surface area contributed by atoms with Crippen LogP contribution in [-0.2, 0) is 27.2 Å². The molecule has 28 heavy (non-hydrogen) atoms. The summed E-state index contributed by atoms with van der Waals surface area (Å²) in [4.78, 5) is 28.3. The van der Waals surface area contributed by atoms with E-state index in [1.54, 1.807) is 6.08 Å². The molecule has 5 heteroatoms. The molecule has 0 saturated heterocycles. The number of aryl methyl sites for hydroxylation is 2. The SMILES string of the molecule is O=C(COC(=O)/C=C/c1ccc2ccccc2n1)Nc1ccc2c(c1)CCC2. The van der Waals surface area contributed by atoms with Crippen molar-refractivity contribution in [1.82, 2.24) is 4.98 Å². The summed E-state index contributed by atoms with van der Waals surface area (Å²) in [7, 11) is 0. The van der Waals surface area contributed by atoms with Crippen molar-refractivity contribution >= 4 is 34.5 Å². The number of hydrogen-bond donors (Lipinski definition) is 1. The van der Waals surface area contributed by atoms with Crippen molar-refractivity contribution in [3.05, 3.63) is 77.5 Å². The lowest BCUT2D eigenvalue weighted by Gasteiger charge is -2.07. The van der Waals surface area contributed by atoms with Gasteiger partial charge in [-0.05, 0) is 60.7 Å². The van der Waals surface area contributed by atoms with E-state index in [0.717, 1.165) is 35.9 Å². The van der Waals surface area contributed by atoms with Crippen molar-refractivity contribution in [3.8, 4) is 0 Å². The quantitative estimate of drug-likeness (QED) is 0.544. The first-order chi connectivity index (χ1) is 13.7. The highest BCUT2D eigenvalue weighted by atomic mass is 16.5. The van der Waals surface area contributed by atoms with E-state index in [-0.39, 0.29) is 12.5 Å². The van der Waals surface area contributed by atoms with Crippen LogP contribution < -0.4 is 5.32 Å². The Labute approximate surface area is 163 Å². The van der Waals surface area contributed by atoms with Crippen LogP contribution in [0.1, 0.15) is 23.2 Å². The molecule has 0 aliphatic heterocycles. The zero-order chi connectivity index (χ0) is 19.3. The Morgan fingerprint density at radius 2 is 1.89 bits per heavy atom. The van der Waals surface area contributed by atoms with Crippen LogP contribution in [0.4, 0.5) is 5.69 Å². The lowest BCUT2D eigenvalue weighted by molar-refractivity contribution is -0.142. The number of ether oxygens (including phenoxy) is 1. The number of para-hydroxylation sites is 1. The summed E-state index contributed by atoms with van der Waals surface area (Å²) < 4.78 is 5.01. The monoisotopic (exact) mass is 372 g/mol. The third-order valence-corrected chi connectivity index (χ3v) is 4.74. The van der Waals surface area contributed by atoms with E-state index >= 15 is 0 Å². The third-order valence-electron chi connectivity index (χ3n) is 4.74. The van der Waals surface area contributed by atoms with Crippen molar-refractivity contribution in [2.75, 3.05) is 11.9 Å². The van der Waals surface area contributed by atoms with Gasteiger partial charge in [-0.15, -0.1) is 0 Å². The maximum absolute atomic E-state index is 12.0. The summed E-state index contributed by atoms with van der Waals surface area (Å²) in [5.41, 5.74) is 4.86. The molecule has 0 atom stereocenters. The number of carbonyl (C=O) groups is 2. The fraction of sp³-hybridized carbons (Fsp3) is 0.174. The number of fused-ring (bicyclic) bond motifs is 2. The summed E-state index contributed by atoms with van der Waals surface area (Å²) >= 11 is 0. The minimum absolute atomic E-state index is 0.328. The van der Waals surface area contributed by atoms with Crippen LogP contribution in [0.25, 0.3) is 17.0 Å². The smallest absolute Gasteiger partial charge is 0.331 e. The normalized spacial score (nSPS) is 12.9. The second-order valence-corrected chi connectivity index (χ2v) is 6.76. The van der Waals surface area contributed by atoms with Gasteiger partial charge in [0, 0.05) is 17.1 Å². The highest BCUT2D eigenvalue weighted by Crippen LogP contribution is 2.24. The summed E-state index contributed by atoms with van der Waals surface area (Å²) in [6.45, 7) is -0.328. The highest BCUT2D eigenvalue weighted by Gasteiger charge is 2.12. The van der Waals surface area contributed by atoms with Gasteiger partial charge in [-0.1, -0.05) is 30.3 Å². The average Bonchev–Trinajstić information content (AvgIpc) is 3.18. The zero-order valence-electron chi connectivity index (χ0n) is 15.4. The molecule has 0 spiro atoms. The summed E-state index contributed by atoms with van der Waals surface area (Å²) in [5, 5.41) is 3.80. The van der Waals surface area contributed by atoms with Gasteiger partial charge in [0.2, 0.25) is 0 Å². The van der Waals surface area contributed by atoms with Crippen LogP contribution in [0.5, 0.6) is 0 Å². The minimum Gasteiger partial charge on any atom is -0.452 e. The Morgan fingerprint density at radius 3 is 2.82 bits per heavy atom. The standard InChI is InChI=1S/C23H20N2O3/c26-22(25-20-11-8-16-5-3-6-18(16)14-20)15-28-23(27)13-12-19-10-9-17-4-1-2-7-21(17)24-19/h1-2,4,7-14H,3,5-6,15H2,(H,25,26)/b13-12+. The molecule has 5 nitrogen and oxygen atoms in total. The molecule has 1 heterocycles. The summed E-state index contributed by atoms with van der Waals surface area (Å²) in [6, 6.07) is 17.4. The van der Waals surface area contributed by atoms with E-state index in [2.05, 4.69) is 10.3 Å². The fourth-order valence-electron chi connectivity index (χ4n) is 3.36. The number of nitrogens with zero attached hydrogens (tertiary/aromatic N) is 1. The van der Waals surface area contributed by atoms with E-state index in [1.807, 2.05) is 54.6 Å². The maximum atomic E-state index is 12.0. The van der Waals surface area contributed by atoms with Crippen LogP contribution in [0.15, 0.2) is 60.7 Å². The molecule has 0 bridgehead atoms. The Balaban J connectivity index is 1.29. The van der Waals surface area contributed by atoms with Crippen molar-refractivity contribution in [2.24, 2.45) is 0 Å². The second-order valence-electron chi connectivity index (χ2n) is 6.76. The van der Waals surface area contributed by atoms with Gasteiger partial charge in [0.1, 0.15) is 0 Å². The van der Waals surface area contributed by atoms with E-state index in [0.29, 0.717) is 5.69 Å². The van der Waals surface area contributed by atoms with E-state index in [9.17, 15) is 9.59 Å². The summed E-state index contributed by atoms with van der Waals surface area (Å²) in [5.74, 6) is -0.942. The topological polar surface area (TPSA) is 68.3 Å². The number of benzene rings is 2. The number of pyridine rings is 1. The second kappa shape index (κ2) is 8.05. The lowest BCUT2D eigenvalue weighted by Crippen LogP contribution is -2.20. The number of amides is 1. The number of rotatable bonds is 5. The van der Waals surface area contributed by atoms with E-state index in [1.165, 1.54) is 17.2 Å². The zero-order valence-corrected chi connectivity index (χ0v) is 15.4. The number of anilines is 1. The Morgan fingerprint density at radius 1 is 1.04 bits per heavy atom. The first kappa shape index (κ1) is 17.9. The van der Waals surface area contributed by atoms with E-state index < -0.39 is 5.97 Å². The first-order valence-corrected chi connectivity index (χ1v) is 9.30. The molecule has 0 unspecified atom stereocenters. The lowest BCUT2D eigenvalue weighted by atomic mass is 10.1. The molecular weight excluding hydrogens is 352 g/mol. The number of esters is 1. The van der Waals surface area contributed by atoms with Gasteiger partial charge >= 0.3 is 5.97 Å². The first-order valence-electron chi connectivity index (χ1n) is 9.30. The van der Waals surface area contributed by atoms with Crippen molar-refractivity contribution in [1.29, 1.82) is 0 Å². The Kier molecular flexibility index (Phi) is 5.15.